The summed E-state index contributed by atoms with van der Waals surface area (Å²) in [5, 5.41) is 3.56. The van der Waals surface area contributed by atoms with Gasteiger partial charge in [0.1, 0.15) is 0 Å². The van der Waals surface area contributed by atoms with Gasteiger partial charge in [0.25, 0.3) is 0 Å². The van der Waals surface area contributed by atoms with Gasteiger partial charge < -0.3 is 10.2 Å². The van der Waals surface area contributed by atoms with Crippen LogP contribution < -0.4 is 5.32 Å². The smallest absolute Gasteiger partial charge is 0.00200 e. The molecule has 96 valence electrons. The first kappa shape index (κ1) is 14.2. The third-order valence-corrected chi connectivity index (χ3v) is 3.11. The van der Waals surface area contributed by atoms with Crippen molar-refractivity contribution in [1.29, 1.82) is 0 Å². The second-order valence-electron chi connectivity index (χ2n) is 4.88. The van der Waals surface area contributed by atoms with Crippen LogP contribution in [0.1, 0.15) is 31.2 Å². The van der Waals surface area contributed by atoms with Gasteiger partial charge in [-0.15, -0.1) is 0 Å². The Morgan fingerprint density at radius 2 is 1.88 bits per heavy atom. The molecule has 1 N–H and O–H groups in total. The van der Waals surface area contributed by atoms with E-state index < -0.39 is 0 Å². The maximum absolute atomic E-state index is 3.56. The first-order chi connectivity index (χ1) is 8.24. The van der Waals surface area contributed by atoms with Gasteiger partial charge >= 0.3 is 0 Å². The maximum Gasteiger partial charge on any atom is 0.00200 e. The highest BCUT2D eigenvalue weighted by Crippen LogP contribution is 2.17. The van der Waals surface area contributed by atoms with Crippen molar-refractivity contribution in [3.8, 4) is 0 Å². The number of nitrogens with one attached hydrogen (secondary N) is 1. The standard InChI is InChI=1S/C15H26N2/c1-4-14(15-9-6-5-7-10-15)13-16-11-8-12-17(2)3/h5-7,9-10,14,16H,4,8,11-13H2,1-3H3. The second-order valence-corrected chi connectivity index (χ2v) is 4.88. The van der Waals surface area contributed by atoms with Crippen molar-refractivity contribution in [2.24, 2.45) is 0 Å². The quantitative estimate of drug-likeness (QED) is 0.696. The molecule has 0 amide bonds. The molecule has 1 aromatic carbocycles. The summed E-state index contributed by atoms with van der Waals surface area (Å²) in [6.07, 6.45) is 2.42. The molecule has 1 atom stereocenters. The van der Waals surface area contributed by atoms with Gasteiger partial charge in [0.15, 0.2) is 0 Å². The Morgan fingerprint density at radius 3 is 2.47 bits per heavy atom. The molecule has 0 aromatic heterocycles. The first-order valence-electron chi connectivity index (χ1n) is 6.64. The molecular weight excluding hydrogens is 208 g/mol. The molecule has 0 spiro atoms. The molecule has 1 aromatic rings. The van der Waals surface area contributed by atoms with Crippen molar-refractivity contribution in [2.45, 2.75) is 25.7 Å². The average Bonchev–Trinajstić information content (AvgIpc) is 2.34. The van der Waals surface area contributed by atoms with E-state index in [1.165, 1.54) is 18.4 Å². The van der Waals surface area contributed by atoms with Crippen LogP contribution >= 0.6 is 0 Å². The Labute approximate surface area is 106 Å². The SMILES string of the molecule is CCC(CNCCCN(C)C)c1ccccc1. The molecule has 0 saturated heterocycles. The molecule has 0 heterocycles. The topological polar surface area (TPSA) is 15.3 Å². The third-order valence-electron chi connectivity index (χ3n) is 3.11. The molecule has 0 radical (unpaired) electrons. The van der Waals surface area contributed by atoms with E-state index in [2.05, 4.69) is 61.6 Å². The molecular formula is C15H26N2. The van der Waals surface area contributed by atoms with Crippen molar-refractivity contribution < 1.29 is 0 Å². The number of hydrogen-bond donors (Lipinski definition) is 1. The van der Waals surface area contributed by atoms with Gasteiger partial charge in [-0.05, 0) is 51.5 Å². The fourth-order valence-corrected chi connectivity index (χ4v) is 2.02. The Hall–Kier alpha value is -0.860. The summed E-state index contributed by atoms with van der Waals surface area (Å²) in [7, 11) is 4.25. The summed E-state index contributed by atoms with van der Waals surface area (Å²) in [5.41, 5.74) is 1.45. The number of nitrogens with zero attached hydrogens (tertiary/aromatic N) is 1. The monoisotopic (exact) mass is 234 g/mol. The van der Waals surface area contributed by atoms with Crippen LogP contribution in [0.25, 0.3) is 0 Å². The largest absolute Gasteiger partial charge is 0.316 e. The normalized spacial score (nSPS) is 12.9. The maximum atomic E-state index is 3.56. The van der Waals surface area contributed by atoms with Crippen LogP contribution in [0.15, 0.2) is 30.3 Å². The average molecular weight is 234 g/mol. The number of rotatable bonds is 8. The van der Waals surface area contributed by atoms with E-state index in [-0.39, 0.29) is 0 Å². The van der Waals surface area contributed by atoms with Crippen LogP contribution in [-0.2, 0) is 0 Å². The lowest BCUT2D eigenvalue weighted by molar-refractivity contribution is 0.392. The van der Waals surface area contributed by atoms with E-state index in [4.69, 9.17) is 0 Å². The number of hydrogen-bond acceptors (Lipinski definition) is 2. The van der Waals surface area contributed by atoms with Gasteiger partial charge in [0.2, 0.25) is 0 Å². The van der Waals surface area contributed by atoms with E-state index in [9.17, 15) is 0 Å². The Kier molecular flexibility index (Phi) is 6.90. The molecule has 17 heavy (non-hydrogen) atoms. The Bertz CT molecular complexity index is 282. The summed E-state index contributed by atoms with van der Waals surface area (Å²) in [6, 6.07) is 10.8. The highest BCUT2D eigenvalue weighted by molar-refractivity contribution is 5.19. The first-order valence-corrected chi connectivity index (χ1v) is 6.64. The van der Waals surface area contributed by atoms with Crippen LogP contribution in [-0.4, -0.2) is 38.6 Å². The zero-order valence-electron chi connectivity index (χ0n) is 11.4. The molecule has 0 fully saturated rings. The molecule has 0 bridgehead atoms. The second kappa shape index (κ2) is 8.26. The summed E-state index contributed by atoms with van der Waals surface area (Å²) >= 11 is 0. The van der Waals surface area contributed by atoms with Crippen LogP contribution in [0.5, 0.6) is 0 Å². The van der Waals surface area contributed by atoms with Gasteiger partial charge in [-0.1, -0.05) is 37.3 Å². The van der Waals surface area contributed by atoms with Crippen LogP contribution in [0, 0.1) is 0 Å². The molecule has 1 unspecified atom stereocenters. The highest BCUT2D eigenvalue weighted by atomic mass is 15.1. The molecule has 0 aliphatic heterocycles. The van der Waals surface area contributed by atoms with Gasteiger partial charge in [-0.2, -0.15) is 0 Å². The van der Waals surface area contributed by atoms with Gasteiger partial charge in [-0.25, -0.2) is 0 Å². The molecule has 2 nitrogen and oxygen atoms in total. The zero-order chi connectivity index (χ0) is 12.5. The highest BCUT2D eigenvalue weighted by Gasteiger charge is 2.07. The Balaban J connectivity index is 2.24. The molecule has 1 rings (SSSR count). The fraction of sp³-hybridized carbons (Fsp3) is 0.600. The van der Waals surface area contributed by atoms with Crippen molar-refractivity contribution in [3.63, 3.8) is 0 Å². The van der Waals surface area contributed by atoms with E-state index in [1.54, 1.807) is 0 Å². The predicted octanol–water partition coefficient (Wildman–Crippen LogP) is 2.72. The molecule has 2 heteroatoms. The van der Waals surface area contributed by atoms with E-state index >= 15 is 0 Å². The third kappa shape index (κ3) is 5.85. The minimum absolute atomic E-state index is 0.649. The van der Waals surface area contributed by atoms with Gasteiger partial charge in [0, 0.05) is 6.54 Å². The van der Waals surface area contributed by atoms with Gasteiger partial charge in [-0.3, -0.25) is 0 Å². The van der Waals surface area contributed by atoms with Crippen LogP contribution in [0.3, 0.4) is 0 Å². The lowest BCUT2D eigenvalue weighted by Gasteiger charge is -2.16. The lowest BCUT2D eigenvalue weighted by atomic mass is 9.96. The fourth-order valence-electron chi connectivity index (χ4n) is 2.02. The zero-order valence-corrected chi connectivity index (χ0v) is 11.4. The molecule has 0 aliphatic carbocycles. The van der Waals surface area contributed by atoms with Crippen molar-refractivity contribution in [3.05, 3.63) is 35.9 Å². The van der Waals surface area contributed by atoms with E-state index in [0.717, 1.165) is 19.6 Å². The summed E-state index contributed by atoms with van der Waals surface area (Å²) < 4.78 is 0. The van der Waals surface area contributed by atoms with Crippen LogP contribution in [0.2, 0.25) is 0 Å². The predicted molar refractivity (Wildman–Crippen MR) is 75.5 cm³/mol. The molecule has 0 aliphatic rings. The van der Waals surface area contributed by atoms with E-state index in [0.29, 0.717) is 5.92 Å². The summed E-state index contributed by atoms with van der Waals surface area (Å²) in [4.78, 5) is 2.23. The van der Waals surface area contributed by atoms with Crippen molar-refractivity contribution >= 4 is 0 Å². The van der Waals surface area contributed by atoms with E-state index in [1.807, 2.05) is 0 Å². The molecule has 0 saturated carbocycles. The minimum Gasteiger partial charge on any atom is -0.316 e. The number of benzene rings is 1. The van der Waals surface area contributed by atoms with Crippen LogP contribution in [0.4, 0.5) is 0 Å². The summed E-state index contributed by atoms with van der Waals surface area (Å²) in [6.45, 7) is 5.63. The summed E-state index contributed by atoms with van der Waals surface area (Å²) in [5.74, 6) is 0.649. The van der Waals surface area contributed by atoms with Gasteiger partial charge in [0.05, 0.1) is 0 Å². The van der Waals surface area contributed by atoms with Crippen molar-refractivity contribution in [1.82, 2.24) is 10.2 Å². The lowest BCUT2D eigenvalue weighted by Crippen LogP contribution is -2.25. The minimum atomic E-state index is 0.649. The Morgan fingerprint density at radius 1 is 1.18 bits per heavy atom. The van der Waals surface area contributed by atoms with Crippen molar-refractivity contribution in [2.75, 3.05) is 33.7 Å².